The number of carboxylic acid groups (broad SMARTS) is 1. The molecule has 1 aromatic heterocycles. The third-order valence-corrected chi connectivity index (χ3v) is 6.34. The Bertz CT molecular complexity index is 1190. The number of thiophene rings is 1. The Morgan fingerprint density at radius 2 is 1.76 bits per heavy atom. The first-order chi connectivity index (χ1) is 15.9. The molecule has 2 heterocycles. The van der Waals surface area contributed by atoms with E-state index in [0.717, 1.165) is 16.0 Å². The quantitative estimate of drug-likeness (QED) is 0.495. The van der Waals surface area contributed by atoms with E-state index in [-0.39, 0.29) is 24.7 Å². The first-order valence-electron chi connectivity index (χ1n) is 10.3. The summed E-state index contributed by atoms with van der Waals surface area (Å²) in [4.78, 5) is 39.6. The maximum atomic E-state index is 13.2. The van der Waals surface area contributed by atoms with Crippen LogP contribution >= 0.6 is 11.3 Å². The van der Waals surface area contributed by atoms with Gasteiger partial charge in [-0.05, 0) is 41.6 Å². The highest BCUT2D eigenvalue weighted by atomic mass is 32.1. The minimum Gasteiger partial charge on any atom is -0.478 e. The summed E-state index contributed by atoms with van der Waals surface area (Å²) in [5.41, 5.74) is 2.64. The molecule has 2 amide bonds. The van der Waals surface area contributed by atoms with Gasteiger partial charge in [-0.25, -0.2) is 14.4 Å². The fraction of sp³-hybridized carbons (Fsp3) is 0.160. The van der Waals surface area contributed by atoms with Gasteiger partial charge in [-0.15, -0.1) is 11.3 Å². The number of esters is 1. The minimum atomic E-state index is -1.02. The van der Waals surface area contributed by atoms with E-state index in [2.05, 4.69) is 5.32 Å². The van der Waals surface area contributed by atoms with Crippen LogP contribution in [0.25, 0.3) is 0 Å². The van der Waals surface area contributed by atoms with Crippen LogP contribution in [0.4, 0.5) is 4.79 Å². The summed E-state index contributed by atoms with van der Waals surface area (Å²) in [6.45, 7) is 2.03. The molecule has 0 saturated carbocycles. The van der Waals surface area contributed by atoms with Crippen molar-refractivity contribution in [2.45, 2.75) is 26.1 Å². The molecule has 2 aromatic carbocycles. The molecule has 0 aliphatic carbocycles. The number of aromatic carboxylic acids is 1. The van der Waals surface area contributed by atoms with E-state index in [1.165, 1.54) is 28.4 Å². The van der Waals surface area contributed by atoms with Crippen molar-refractivity contribution in [1.29, 1.82) is 0 Å². The topological polar surface area (TPSA) is 95.9 Å². The monoisotopic (exact) mass is 462 g/mol. The summed E-state index contributed by atoms with van der Waals surface area (Å²) >= 11 is 1.45. The second kappa shape index (κ2) is 9.70. The lowest BCUT2D eigenvalue weighted by Gasteiger charge is -2.35. The second-order valence-electron chi connectivity index (χ2n) is 7.55. The lowest BCUT2D eigenvalue weighted by Crippen LogP contribution is -2.47. The fourth-order valence-electron chi connectivity index (χ4n) is 3.64. The number of hydrogen-bond acceptors (Lipinski definition) is 5. The first-order valence-corrected chi connectivity index (χ1v) is 11.2. The van der Waals surface area contributed by atoms with E-state index in [9.17, 15) is 14.4 Å². The first kappa shape index (κ1) is 22.3. The molecule has 1 aliphatic heterocycles. The van der Waals surface area contributed by atoms with Crippen molar-refractivity contribution in [2.75, 3.05) is 0 Å². The van der Waals surface area contributed by atoms with E-state index in [4.69, 9.17) is 9.84 Å². The van der Waals surface area contributed by atoms with Crippen LogP contribution in [0.2, 0.25) is 0 Å². The predicted octanol–water partition coefficient (Wildman–Crippen LogP) is 4.73. The number of carbonyl (C=O) groups excluding carboxylic acids is 2. The van der Waals surface area contributed by atoms with Gasteiger partial charge in [-0.3, -0.25) is 4.90 Å². The lowest BCUT2D eigenvalue weighted by molar-refractivity contribution is -0.141. The second-order valence-corrected chi connectivity index (χ2v) is 8.53. The van der Waals surface area contributed by atoms with Crippen LogP contribution in [0.3, 0.4) is 0 Å². The van der Waals surface area contributed by atoms with Crippen LogP contribution in [-0.4, -0.2) is 28.0 Å². The van der Waals surface area contributed by atoms with Crippen LogP contribution in [-0.2, 0) is 22.7 Å². The van der Waals surface area contributed by atoms with E-state index in [0.29, 0.717) is 11.3 Å². The van der Waals surface area contributed by atoms with Crippen molar-refractivity contribution in [2.24, 2.45) is 0 Å². The van der Waals surface area contributed by atoms with Crippen molar-refractivity contribution in [3.8, 4) is 0 Å². The zero-order valence-corrected chi connectivity index (χ0v) is 18.7. The molecule has 0 bridgehead atoms. The van der Waals surface area contributed by atoms with Crippen molar-refractivity contribution < 1.29 is 24.2 Å². The molecular weight excluding hydrogens is 440 g/mol. The summed E-state index contributed by atoms with van der Waals surface area (Å²) in [6, 6.07) is 18.5. The largest absolute Gasteiger partial charge is 0.478 e. The highest BCUT2D eigenvalue weighted by Gasteiger charge is 2.37. The summed E-state index contributed by atoms with van der Waals surface area (Å²) < 4.78 is 5.61. The number of urea groups is 1. The van der Waals surface area contributed by atoms with Crippen molar-refractivity contribution >= 4 is 29.3 Å². The zero-order chi connectivity index (χ0) is 23.4. The Morgan fingerprint density at radius 3 is 2.39 bits per heavy atom. The van der Waals surface area contributed by atoms with E-state index < -0.39 is 18.0 Å². The average Bonchev–Trinajstić information content (AvgIpc) is 3.36. The summed E-state index contributed by atoms with van der Waals surface area (Å²) in [5.74, 6) is -1.52. The molecule has 2 N–H and O–H groups in total. The van der Waals surface area contributed by atoms with Crippen LogP contribution in [0.5, 0.6) is 0 Å². The van der Waals surface area contributed by atoms with Gasteiger partial charge in [0.1, 0.15) is 6.61 Å². The van der Waals surface area contributed by atoms with Gasteiger partial charge in [0.25, 0.3) is 0 Å². The van der Waals surface area contributed by atoms with Gasteiger partial charge in [-0.1, -0.05) is 48.5 Å². The number of hydrogen-bond donors (Lipinski definition) is 2. The lowest BCUT2D eigenvalue weighted by atomic mass is 10.00. The molecule has 1 aliphatic rings. The SMILES string of the molecule is CC1=C(C(=O)OCc2ccccc2)C(c2cccs2)NC(=O)N1Cc1ccc(C(=O)O)cc1. The number of allylic oxidation sites excluding steroid dienone is 1. The molecule has 1 unspecified atom stereocenters. The van der Waals surface area contributed by atoms with Gasteiger partial charge in [0.05, 0.1) is 23.7 Å². The molecular formula is C25H22N2O5S. The van der Waals surface area contributed by atoms with Crippen molar-refractivity contribution in [3.05, 3.63) is 105 Å². The van der Waals surface area contributed by atoms with Crippen LogP contribution < -0.4 is 5.32 Å². The van der Waals surface area contributed by atoms with Crippen LogP contribution in [0.15, 0.2) is 83.4 Å². The van der Waals surface area contributed by atoms with E-state index in [1.807, 2.05) is 47.8 Å². The summed E-state index contributed by atoms with van der Waals surface area (Å²) in [7, 11) is 0. The Hall–Kier alpha value is -3.91. The molecule has 0 fully saturated rings. The van der Waals surface area contributed by atoms with Gasteiger partial charge in [0, 0.05) is 10.6 Å². The number of nitrogens with zero attached hydrogens (tertiary/aromatic N) is 1. The average molecular weight is 463 g/mol. The van der Waals surface area contributed by atoms with Gasteiger partial charge >= 0.3 is 18.0 Å². The standard InChI is InChI=1S/C25H22N2O5S/c1-16-21(24(30)32-15-18-6-3-2-4-7-18)22(20-8-5-13-33-20)26-25(31)27(16)14-17-9-11-19(12-10-17)23(28)29/h2-13,22H,14-15H2,1H3,(H,26,31)(H,28,29). The number of carbonyl (C=O) groups is 3. The Morgan fingerprint density at radius 1 is 1.03 bits per heavy atom. The molecule has 3 aromatic rings. The van der Waals surface area contributed by atoms with Crippen LogP contribution in [0.1, 0.15) is 39.3 Å². The predicted molar refractivity (Wildman–Crippen MR) is 123 cm³/mol. The Kier molecular flexibility index (Phi) is 6.55. The number of ether oxygens (including phenoxy) is 1. The molecule has 0 spiro atoms. The Labute approximate surface area is 194 Å². The van der Waals surface area contributed by atoms with Crippen LogP contribution in [0, 0.1) is 0 Å². The summed E-state index contributed by atoms with van der Waals surface area (Å²) in [6.07, 6.45) is 0. The highest BCUT2D eigenvalue weighted by Crippen LogP contribution is 2.34. The van der Waals surface area contributed by atoms with Gasteiger partial charge < -0.3 is 15.2 Å². The maximum Gasteiger partial charge on any atom is 0.338 e. The van der Waals surface area contributed by atoms with Crippen molar-refractivity contribution in [1.82, 2.24) is 10.2 Å². The zero-order valence-electron chi connectivity index (χ0n) is 17.9. The smallest absolute Gasteiger partial charge is 0.338 e. The highest BCUT2D eigenvalue weighted by molar-refractivity contribution is 7.10. The molecule has 4 rings (SSSR count). The normalized spacial score (nSPS) is 15.8. The molecule has 8 heteroatoms. The number of carboxylic acids is 1. The third-order valence-electron chi connectivity index (χ3n) is 5.40. The van der Waals surface area contributed by atoms with Gasteiger partial charge in [0.15, 0.2) is 0 Å². The van der Waals surface area contributed by atoms with E-state index >= 15 is 0 Å². The maximum absolute atomic E-state index is 13.2. The van der Waals surface area contributed by atoms with Crippen molar-refractivity contribution in [3.63, 3.8) is 0 Å². The molecule has 33 heavy (non-hydrogen) atoms. The molecule has 0 radical (unpaired) electrons. The van der Waals surface area contributed by atoms with Gasteiger partial charge in [0.2, 0.25) is 0 Å². The number of benzene rings is 2. The minimum absolute atomic E-state index is 0.123. The molecule has 0 saturated heterocycles. The number of rotatable bonds is 7. The molecule has 7 nitrogen and oxygen atoms in total. The number of nitrogens with one attached hydrogen (secondary N) is 1. The fourth-order valence-corrected chi connectivity index (χ4v) is 4.43. The Balaban J connectivity index is 1.63. The number of amides is 2. The molecule has 1 atom stereocenters. The van der Waals surface area contributed by atoms with E-state index in [1.54, 1.807) is 19.1 Å². The van der Waals surface area contributed by atoms with Gasteiger partial charge in [-0.2, -0.15) is 0 Å². The third kappa shape index (κ3) is 4.96. The molecule has 168 valence electrons. The summed E-state index contributed by atoms with van der Waals surface area (Å²) in [5, 5.41) is 13.9.